The second-order valence-electron chi connectivity index (χ2n) is 11.6. The molecule has 220 valence electrons. The van der Waals surface area contributed by atoms with E-state index in [9.17, 15) is 19.2 Å². The highest BCUT2D eigenvalue weighted by Gasteiger charge is 2.37. The summed E-state index contributed by atoms with van der Waals surface area (Å²) in [4.78, 5) is 56.5. The molecule has 8 nitrogen and oxygen atoms in total. The van der Waals surface area contributed by atoms with Gasteiger partial charge >= 0.3 is 0 Å². The Labute approximate surface area is 261 Å². The van der Waals surface area contributed by atoms with E-state index in [1.165, 1.54) is 14.1 Å². The number of para-hydroxylation sites is 2. The van der Waals surface area contributed by atoms with Crippen molar-refractivity contribution in [3.05, 3.63) is 119 Å². The summed E-state index contributed by atoms with van der Waals surface area (Å²) in [5, 5.41) is 5.08. The first-order valence-corrected chi connectivity index (χ1v) is 14.7. The van der Waals surface area contributed by atoms with Gasteiger partial charge in [0.2, 0.25) is 0 Å². The van der Waals surface area contributed by atoms with E-state index < -0.39 is 23.6 Å². The Morgan fingerprint density at radius 2 is 0.783 bits per heavy atom. The van der Waals surface area contributed by atoms with Crippen molar-refractivity contribution < 1.29 is 28.7 Å². The minimum Gasteiger partial charge on any atom is -0.457 e. The molecule has 2 aliphatic heterocycles. The quantitative estimate of drug-likeness (QED) is 0.116. The fraction of sp³-hybridized carbons (Fsp3) is 0.0526. The summed E-state index contributed by atoms with van der Waals surface area (Å²) in [6.45, 7) is 0. The van der Waals surface area contributed by atoms with Gasteiger partial charge in [-0.25, -0.2) is 0 Å². The van der Waals surface area contributed by atoms with E-state index >= 15 is 0 Å². The molecule has 0 saturated heterocycles. The van der Waals surface area contributed by atoms with E-state index in [1.54, 1.807) is 24.3 Å². The Bertz CT molecular complexity index is 2350. The van der Waals surface area contributed by atoms with E-state index in [4.69, 9.17) is 9.47 Å². The zero-order valence-electron chi connectivity index (χ0n) is 24.6. The van der Waals surface area contributed by atoms with Crippen LogP contribution in [-0.2, 0) is 0 Å². The number of nitrogens with zero attached hydrogens (tertiary/aromatic N) is 2. The first-order chi connectivity index (χ1) is 22.3. The lowest BCUT2D eigenvalue weighted by atomic mass is 9.81. The van der Waals surface area contributed by atoms with E-state index in [0.717, 1.165) is 9.80 Å². The molecule has 0 aromatic heterocycles. The van der Waals surface area contributed by atoms with Crippen LogP contribution in [0.4, 0.5) is 0 Å². The highest BCUT2D eigenvalue weighted by molar-refractivity contribution is 6.43. The SMILES string of the molecule is CN1C(=O)c2ccc3c4c(Oc5ccccc5)cc5c6c(ccc(c7c(Oc8ccccc8)cc(c2c37)C1=O)c64)C(=O)N(C)C5=O. The molecule has 0 radical (unpaired) electrons. The second kappa shape index (κ2) is 9.12. The topological polar surface area (TPSA) is 93.2 Å². The van der Waals surface area contributed by atoms with Crippen molar-refractivity contribution in [3.63, 3.8) is 0 Å². The van der Waals surface area contributed by atoms with Gasteiger partial charge in [-0.15, -0.1) is 0 Å². The minimum absolute atomic E-state index is 0.343. The third-order valence-corrected chi connectivity index (χ3v) is 9.11. The molecule has 9 rings (SSSR count). The van der Waals surface area contributed by atoms with Crippen LogP contribution in [0.5, 0.6) is 23.0 Å². The molecule has 0 unspecified atom stereocenters. The van der Waals surface area contributed by atoms with Crippen molar-refractivity contribution in [1.29, 1.82) is 0 Å². The Morgan fingerprint density at radius 3 is 1.17 bits per heavy atom. The van der Waals surface area contributed by atoms with Gasteiger partial charge in [0.25, 0.3) is 23.6 Å². The van der Waals surface area contributed by atoms with Crippen LogP contribution in [-0.4, -0.2) is 47.5 Å². The number of fused-ring (bicyclic) bond motifs is 2. The Balaban J connectivity index is 1.53. The van der Waals surface area contributed by atoms with Crippen LogP contribution >= 0.6 is 0 Å². The van der Waals surface area contributed by atoms with Gasteiger partial charge in [-0.1, -0.05) is 48.5 Å². The molecule has 0 N–H and O–H groups in total. The molecular weight excluding hydrogens is 580 g/mol. The molecule has 0 fully saturated rings. The molecular formula is C38H22N2O6. The second-order valence-corrected chi connectivity index (χ2v) is 11.6. The molecule has 2 heterocycles. The van der Waals surface area contributed by atoms with Crippen molar-refractivity contribution in [2.45, 2.75) is 0 Å². The smallest absolute Gasteiger partial charge is 0.261 e. The third-order valence-electron chi connectivity index (χ3n) is 9.11. The molecule has 0 spiro atoms. The number of carbonyl (C=O) groups excluding carboxylic acids is 4. The lowest BCUT2D eigenvalue weighted by Crippen LogP contribution is -2.37. The minimum atomic E-state index is -0.435. The van der Waals surface area contributed by atoms with Crippen LogP contribution in [0, 0.1) is 0 Å². The summed E-state index contributed by atoms with van der Waals surface area (Å²) in [5.41, 5.74) is 1.48. The van der Waals surface area contributed by atoms with E-state index in [-0.39, 0.29) is 0 Å². The van der Waals surface area contributed by atoms with E-state index in [0.29, 0.717) is 88.3 Å². The largest absolute Gasteiger partial charge is 0.457 e. The van der Waals surface area contributed by atoms with Crippen LogP contribution in [0.1, 0.15) is 41.4 Å². The molecule has 0 aliphatic carbocycles. The van der Waals surface area contributed by atoms with Crippen LogP contribution in [0.25, 0.3) is 43.1 Å². The number of amides is 4. The van der Waals surface area contributed by atoms with Gasteiger partial charge < -0.3 is 9.47 Å². The molecule has 0 saturated carbocycles. The molecule has 4 amide bonds. The lowest BCUT2D eigenvalue weighted by Gasteiger charge is -2.29. The summed E-state index contributed by atoms with van der Waals surface area (Å²) in [5.74, 6) is 0.265. The molecule has 2 aliphatic rings. The third kappa shape index (κ3) is 3.32. The zero-order chi connectivity index (χ0) is 31.4. The monoisotopic (exact) mass is 602 g/mol. The number of ether oxygens (including phenoxy) is 2. The molecule has 0 bridgehead atoms. The van der Waals surface area contributed by atoms with Gasteiger partial charge in [-0.2, -0.15) is 0 Å². The maximum absolute atomic E-state index is 13.7. The average Bonchev–Trinajstić information content (AvgIpc) is 3.08. The number of hydrogen-bond acceptors (Lipinski definition) is 6. The predicted molar refractivity (Wildman–Crippen MR) is 174 cm³/mol. The predicted octanol–water partition coefficient (Wildman–Crippen LogP) is 7.77. The Kier molecular flexibility index (Phi) is 5.18. The van der Waals surface area contributed by atoms with Crippen LogP contribution in [0.3, 0.4) is 0 Å². The molecule has 8 heteroatoms. The first-order valence-electron chi connectivity index (χ1n) is 14.7. The highest BCUT2D eigenvalue weighted by atomic mass is 16.5. The van der Waals surface area contributed by atoms with Crippen LogP contribution in [0.2, 0.25) is 0 Å². The number of carbonyl (C=O) groups is 4. The van der Waals surface area contributed by atoms with Crippen LogP contribution < -0.4 is 9.47 Å². The van der Waals surface area contributed by atoms with Crippen molar-refractivity contribution in [2.75, 3.05) is 14.1 Å². The number of hydrogen-bond donors (Lipinski definition) is 0. The summed E-state index contributed by atoms with van der Waals surface area (Å²) in [6, 6.07) is 29.0. The molecule has 7 aromatic rings. The van der Waals surface area contributed by atoms with Gasteiger partial charge in [0.05, 0.1) is 11.1 Å². The van der Waals surface area contributed by atoms with Gasteiger partial charge in [0.1, 0.15) is 23.0 Å². The molecule has 0 atom stereocenters. The molecule has 7 aromatic carbocycles. The summed E-state index contributed by atoms with van der Waals surface area (Å²) in [7, 11) is 2.94. The number of rotatable bonds is 4. The van der Waals surface area contributed by atoms with Gasteiger partial charge in [0.15, 0.2) is 0 Å². The normalized spacial score (nSPS) is 14.4. The van der Waals surface area contributed by atoms with Crippen molar-refractivity contribution in [2.24, 2.45) is 0 Å². The van der Waals surface area contributed by atoms with Gasteiger partial charge in [0, 0.05) is 57.5 Å². The van der Waals surface area contributed by atoms with E-state index in [1.807, 2.05) is 72.8 Å². The molecule has 46 heavy (non-hydrogen) atoms. The average molecular weight is 603 g/mol. The van der Waals surface area contributed by atoms with E-state index in [2.05, 4.69) is 0 Å². The fourth-order valence-corrected chi connectivity index (χ4v) is 7.03. The first kappa shape index (κ1) is 26.2. The fourth-order valence-electron chi connectivity index (χ4n) is 7.03. The standard InChI is InChI=1S/C38H22N2O6/c1-39-35(41)23-15-13-21-32-28(46-20-11-7-4-8-12-20)18-26-30-24(36(42)40(2)38(26)44)16-14-22(34(30)32)31-27(45-19-9-5-3-6-10-19)17-25(37(39)43)29(23)33(21)31/h3-18H,1-2H3. The van der Waals surface area contributed by atoms with Crippen LogP contribution in [0.15, 0.2) is 97.1 Å². The lowest BCUT2D eigenvalue weighted by molar-refractivity contribution is 0.0635. The van der Waals surface area contributed by atoms with Gasteiger partial charge in [-0.3, -0.25) is 29.0 Å². The van der Waals surface area contributed by atoms with Crippen molar-refractivity contribution in [3.8, 4) is 23.0 Å². The highest BCUT2D eigenvalue weighted by Crippen LogP contribution is 2.52. The van der Waals surface area contributed by atoms with Gasteiger partial charge in [-0.05, 0) is 59.3 Å². The Hall–Kier alpha value is -6.28. The summed E-state index contributed by atoms with van der Waals surface area (Å²) in [6.07, 6.45) is 0. The summed E-state index contributed by atoms with van der Waals surface area (Å²) < 4.78 is 13.0. The number of benzene rings is 7. The maximum Gasteiger partial charge on any atom is 0.261 e. The number of imide groups is 2. The Morgan fingerprint density at radius 1 is 0.413 bits per heavy atom. The van der Waals surface area contributed by atoms with Crippen molar-refractivity contribution in [1.82, 2.24) is 9.80 Å². The zero-order valence-corrected chi connectivity index (χ0v) is 24.6. The maximum atomic E-state index is 13.7. The van der Waals surface area contributed by atoms with Crippen molar-refractivity contribution >= 4 is 66.7 Å². The summed E-state index contributed by atoms with van der Waals surface area (Å²) >= 11 is 0.